The molecule has 1 aromatic heterocycles. The summed E-state index contributed by atoms with van der Waals surface area (Å²) in [5.41, 5.74) is 4.54. The summed E-state index contributed by atoms with van der Waals surface area (Å²) in [6, 6.07) is 5.74. The van der Waals surface area contributed by atoms with E-state index in [1.807, 2.05) is 42.1 Å². The number of carbonyl (C=O) groups excluding carboxylic acids is 1. The van der Waals surface area contributed by atoms with Gasteiger partial charge >= 0.3 is 0 Å². The average Bonchev–Trinajstić information content (AvgIpc) is 3.01. The Balaban J connectivity index is 2.10. The second kappa shape index (κ2) is 7.70. The number of rotatable bonds is 5. The third-order valence-electron chi connectivity index (χ3n) is 3.86. The Kier molecular flexibility index (Phi) is 5.37. The van der Waals surface area contributed by atoms with Crippen LogP contribution in [0.3, 0.4) is 0 Å². The third kappa shape index (κ3) is 3.94. The number of carbonyl (C=O) groups is 1. The van der Waals surface area contributed by atoms with Gasteiger partial charge in [-0.05, 0) is 38.5 Å². The van der Waals surface area contributed by atoms with Gasteiger partial charge in [-0.1, -0.05) is 19.1 Å². The summed E-state index contributed by atoms with van der Waals surface area (Å²) >= 11 is 1.53. The molecule has 0 unspecified atom stereocenters. The number of ether oxygens (including phenoxy) is 1. The van der Waals surface area contributed by atoms with Crippen LogP contribution in [0.5, 0.6) is 5.75 Å². The van der Waals surface area contributed by atoms with E-state index >= 15 is 0 Å². The van der Waals surface area contributed by atoms with E-state index in [9.17, 15) is 4.79 Å². The lowest BCUT2D eigenvalue weighted by Crippen LogP contribution is -2.25. The largest absolute Gasteiger partial charge is 0.482 e. The van der Waals surface area contributed by atoms with Crippen molar-refractivity contribution >= 4 is 28.6 Å². The van der Waals surface area contributed by atoms with Gasteiger partial charge in [-0.15, -0.1) is 11.3 Å². The van der Waals surface area contributed by atoms with E-state index < -0.39 is 0 Å². The number of hydrogen-bond acceptors (Lipinski definition) is 5. The summed E-state index contributed by atoms with van der Waals surface area (Å²) < 4.78 is 7.30. The van der Waals surface area contributed by atoms with Gasteiger partial charge in [-0.3, -0.25) is 9.79 Å². The number of anilines is 1. The number of thiazole rings is 1. The molecule has 1 amide bonds. The number of hydrogen-bond donors (Lipinski definition) is 1. The number of amides is 1. The van der Waals surface area contributed by atoms with Crippen LogP contribution >= 0.6 is 11.3 Å². The molecular weight excluding hydrogens is 348 g/mol. The van der Waals surface area contributed by atoms with Crippen LogP contribution in [0.25, 0.3) is 11.3 Å². The molecule has 0 aliphatic carbocycles. The lowest BCUT2D eigenvalue weighted by atomic mass is 10.1. The summed E-state index contributed by atoms with van der Waals surface area (Å²) in [6.45, 7) is 10.5. The van der Waals surface area contributed by atoms with Gasteiger partial charge in [-0.2, -0.15) is 5.10 Å². The van der Waals surface area contributed by atoms with Gasteiger partial charge in [0.05, 0.1) is 17.9 Å². The van der Waals surface area contributed by atoms with Crippen LogP contribution in [0, 0.1) is 0 Å². The van der Waals surface area contributed by atoms with Gasteiger partial charge in [0.2, 0.25) is 4.80 Å². The van der Waals surface area contributed by atoms with Crippen molar-refractivity contribution in [2.75, 3.05) is 18.5 Å². The van der Waals surface area contributed by atoms with Crippen LogP contribution < -0.4 is 14.9 Å². The standard InChI is InChI=1S/C19H22N4O2S/c1-5-13(4)22-23-16(11-26-19(23)20-9-12(2)3)14-6-7-17-15(8-14)21-18(24)10-25-17/h6-8,11H,2,5,9-10H2,1,3-4H3,(H,21,24). The second-order valence-electron chi connectivity index (χ2n) is 6.23. The second-order valence-corrected chi connectivity index (χ2v) is 7.06. The molecule has 0 bridgehead atoms. The fourth-order valence-electron chi connectivity index (χ4n) is 2.39. The van der Waals surface area contributed by atoms with Crippen LogP contribution in [0.1, 0.15) is 27.2 Å². The summed E-state index contributed by atoms with van der Waals surface area (Å²) in [7, 11) is 0. The average molecular weight is 370 g/mol. The first-order valence-corrected chi connectivity index (χ1v) is 9.33. The minimum absolute atomic E-state index is 0.0503. The highest BCUT2D eigenvalue weighted by molar-refractivity contribution is 7.07. The van der Waals surface area contributed by atoms with Crippen LogP contribution in [0.15, 0.2) is 45.8 Å². The third-order valence-corrected chi connectivity index (χ3v) is 4.71. The summed E-state index contributed by atoms with van der Waals surface area (Å²) in [5.74, 6) is 0.528. The van der Waals surface area contributed by atoms with Crippen LogP contribution in [-0.2, 0) is 4.79 Å². The minimum atomic E-state index is -0.148. The molecule has 3 rings (SSSR count). The highest BCUT2D eigenvalue weighted by Crippen LogP contribution is 2.32. The molecular formula is C19H22N4O2S. The molecule has 2 aromatic rings. The van der Waals surface area contributed by atoms with Crippen LogP contribution in [0.2, 0.25) is 0 Å². The minimum Gasteiger partial charge on any atom is -0.482 e. The maximum Gasteiger partial charge on any atom is 0.262 e. The quantitative estimate of drug-likeness (QED) is 0.645. The Bertz CT molecular complexity index is 953. The zero-order valence-corrected chi connectivity index (χ0v) is 16.0. The highest BCUT2D eigenvalue weighted by Gasteiger charge is 2.17. The molecule has 1 aromatic carbocycles. The molecule has 1 N–H and O–H groups in total. The zero-order chi connectivity index (χ0) is 18.7. The van der Waals surface area contributed by atoms with Crippen molar-refractivity contribution in [2.24, 2.45) is 10.1 Å². The zero-order valence-electron chi connectivity index (χ0n) is 15.2. The maximum absolute atomic E-state index is 11.6. The summed E-state index contributed by atoms with van der Waals surface area (Å²) in [4.78, 5) is 17.0. The molecule has 0 radical (unpaired) electrons. The van der Waals surface area contributed by atoms with E-state index in [1.165, 1.54) is 11.3 Å². The molecule has 6 nitrogen and oxygen atoms in total. The van der Waals surface area contributed by atoms with E-state index in [-0.39, 0.29) is 12.5 Å². The SMILES string of the molecule is C=C(C)CN=c1scc(-c2ccc3c(c2)NC(=O)CO3)n1N=C(C)CC. The van der Waals surface area contributed by atoms with Gasteiger partial charge in [0.15, 0.2) is 6.61 Å². The van der Waals surface area contributed by atoms with E-state index in [2.05, 4.69) is 23.8 Å². The first kappa shape index (κ1) is 18.1. The Hall–Kier alpha value is -2.67. The van der Waals surface area contributed by atoms with Crippen molar-refractivity contribution in [3.63, 3.8) is 0 Å². The van der Waals surface area contributed by atoms with Gasteiger partial charge in [0.25, 0.3) is 5.91 Å². The lowest BCUT2D eigenvalue weighted by Gasteiger charge is -2.18. The number of aromatic nitrogens is 1. The molecule has 1 aliphatic rings. The first-order chi connectivity index (χ1) is 12.5. The molecule has 0 fully saturated rings. The van der Waals surface area contributed by atoms with Crippen molar-refractivity contribution in [3.05, 3.63) is 40.5 Å². The Morgan fingerprint density at radius 2 is 2.23 bits per heavy atom. The van der Waals surface area contributed by atoms with E-state index in [1.54, 1.807) is 0 Å². The smallest absolute Gasteiger partial charge is 0.262 e. The number of nitrogens with one attached hydrogen (secondary N) is 1. The lowest BCUT2D eigenvalue weighted by molar-refractivity contribution is -0.118. The molecule has 26 heavy (non-hydrogen) atoms. The van der Waals surface area contributed by atoms with E-state index in [0.717, 1.165) is 33.8 Å². The topological polar surface area (TPSA) is 68.0 Å². The van der Waals surface area contributed by atoms with Crippen molar-refractivity contribution < 1.29 is 9.53 Å². The fraction of sp³-hybridized carbons (Fsp3) is 0.316. The predicted octanol–water partition coefficient (Wildman–Crippen LogP) is 3.66. The predicted molar refractivity (Wildman–Crippen MR) is 106 cm³/mol. The van der Waals surface area contributed by atoms with Crippen molar-refractivity contribution in [1.29, 1.82) is 0 Å². The van der Waals surface area contributed by atoms with Crippen LogP contribution in [0.4, 0.5) is 5.69 Å². The van der Waals surface area contributed by atoms with Gasteiger partial charge in [0.1, 0.15) is 5.75 Å². The molecule has 0 saturated heterocycles. The molecule has 2 heterocycles. The Morgan fingerprint density at radius 1 is 1.42 bits per heavy atom. The molecule has 1 aliphatic heterocycles. The Labute approximate surface area is 156 Å². The van der Waals surface area contributed by atoms with Crippen molar-refractivity contribution in [2.45, 2.75) is 27.2 Å². The number of benzene rings is 1. The highest BCUT2D eigenvalue weighted by atomic mass is 32.1. The molecule has 0 atom stereocenters. The number of fused-ring (bicyclic) bond motifs is 1. The molecule has 7 heteroatoms. The monoisotopic (exact) mass is 370 g/mol. The van der Waals surface area contributed by atoms with Gasteiger partial charge in [-0.25, -0.2) is 4.68 Å². The van der Waals surface area contributed by atoms with Crippen molar-refractivity contribution in [3.8, 4) is 17.0 Å². The van der Waals surface area contributed by atoms with Crippen molar-refractivity contribution in [1.82, 2.24) is 4.68 Å². The molecule has 136 valence electrons. The summed E-state index contributed by atoms with van der Waals surface area (Å²) in [5, 5.41) is 9.59. The maximum atomic E-state index is 11.6. The Morgan fingerprint density at radius 3 is 2.96 bits per heavy atom. The van der Waals surface area contributed by atoms with Gasteiger partial charge < -0.3 is 10.1 Å². The fourth-order valence-corrected chi connectivity index (χ4v) is 3.22. The first-order valence-electron chi connectivity index (χ1n) is 8.45. The van der Waals surface area contributed by atoms with E-state index in [0.29, 0.717) is 18.0 Å². The molecule has 0 spiro atoms. The van der Waals surface area contributed by atoms with Crippen LogP contribution in [-0.4, -0.2) is 29.4 Å². The summed E-state index contributed by atoms with van der Waals surface area (Å²) in [6.07, 6.45) is 0.857. The normalized spacial score (nSPS) is 14.7. The van der Waals surface area contributed by atoms with Gasteiger partial charge in [0, 0.05) is 16.7 Å². The van der Waals surface area contributed by atoms with E-state index in [4.69, 9.17) is 9.84 Å². The number of nitrogens with zero attached hydrogens (tertiary/aromatic N) is 3. The molecule has 0 saturated carbocycles.